The second-order valence-corrected chi connectivity index (χ2v) is 9.34. The standard InChI is InChI=1S/C26H31Cl2N5O4/c1-32-8-10-33(11-9-32)7-4-12-37-25-13-19(5-6-23(25)35-2)30-17-18(16-29)26(34)31-22-15-24(36-3)21(28)14-20(22)27/h5-6,13-15,17-18H,4,7-12H2,1-3H3,(H,31,34). The highest BCUT2D eigenvalue weighted by molar-refractivity contribution is 6.37. The molecule has 0 bridgehead atoms. The number of ether oxygens (including phenoxy) is 3. The molecule has 1 fully saturated rings. The lowest BCUT2D eigenvalue weighted by atomic mass is 10.1. The minimum atomic E-state index is -1.16. The second kappa shape index (κ2) is 14.1. The molecule has 0 saturated carbocycles. The lowest BCUT2D eigenvalue weighted by molar-refractivity contribution is -0.116. The quantitative estimate of drug-likeness (QED) is 0.326. The fraction of sp³-hybridized carbons (Fsp3) is 0.423. The van der Waals surface area contributed by atoms with Gasteiger partial charge in [-0.1, -0.05) is 23.2 Å². The van der Waals surface area contributed by atoms with E-state index < -0.39 is 11.8 Å². The number of methoxy groups -OCH3 is 2. The van der Waals surface area contributed by atoms with Gasteiger partial charge in [-0.25, -0.2) is 0 Å². The van der Waals surface area contributed by atoms with E-state index in [9.17, 15) is 10.1 Å². The first kappa shape index (κ1) is 28.5. The monoisotopic (exact) mass is 547 g/mol. The van der Waals surface area contributed by atoms with E-state index in [4.69, 9.17) is 37.4 Å². The first-order chi connectivity index (χ1) is 17.8. The fourth-order valence-corrected chi connectivity index (χ4v) is 4.22. The number of aliphatic imine (C=N–C) groups is 1. The van der Waals surface area contributed by atoms with Crippen molar-refractivity contribution < 1.29 is 19.0 Å². The van der Waals surface area contributed by atoms with E-state index in [0.29, 0.717) is 34.6 Å². The summed E-state index contributed by atoms with van der Waals surface area (Å²) >= 11 is 12.2. The molecule has 1 atom stereocenters. The lowest BCUT2D eigenvalue weighted by Crippen LogP contribution is -2.44. The Bertz CT molecular complexity index is 1150. The van der Waals surface area contributed by atoms with Crippen molar-refractivity contribution in [3.63, 3.8) is 0 Å². The SMILES string of the molecule is COc1cc(NC(=O)C(C#N)C=Nc2ccc(OC)c(OCCCN3CCN(C)CC3)c2)c(Cl)cc1Cl. The van der Waals surface area contributed by atoms with Crippen LogP contribution in [0.3, 0.4) is 0 Å². The number of anilines is 1. The summed E-state index contributed by atoms with van der Waals surface area (Å²) in [4.78, 5) is 21.8. The first-order valence-electron chi connectivity index (χ1n) is 11.8. The van der Waals surface area contributed by atoms with Gasteiger partial charge in [-0.15, -0.1) is 0 Å². The van der Waals surface area contributed by atoms with Crippen molar-refractivity contribution in [2.24, 2.45) is 10.9 Å². The summed E-state index contributed by atoms with van der Waals surface area (Å²) in [5, 5.41) is 12.7. The second-order valence-electron chi connectivity index (χ2n) is 8.52. The minimum absolute atomic E-state index is 0.220. The number of likely N-dealkylation sites (N-methyl/N-ethyl adjacent to an activating group) is 1. The van der Waals surface area contributed by atoms with Gasteiger partial charge in [0.2, 0.25) is 5.91 Å². The molecule has 0 radical (unpaired) electrons. The fourth-order valence-electron chi connectivity index (χ4n) is 3.71. The van der Waals surface area contributed by atoms with Crippen LogP contribution in [0, 0.1) is 17.2 Å². The molecule has 1 amide bonds. The zero-order valence-corrected chi connectivity index (χ0v) is 22.7. The zero-order chi connectivity index (χ0) is 26.8. The lowest BCUT2D eigenvalue weighted by Gasteiger charge is -2.32. The molecule has 0 spiro atoms. The van der Waals surface area contributed by atoms with Crippen molar-refractivity contribution in [3.8, 4) is 23.3 Å². The van der Waals surface area contributed by atoms with Crippen LogP contribution in [0.1, 0.15) is 6.42 Å². The molecule has 1 heterocycles. The van der Waals surface area contributed by atoms with Crippen molar-refractivity contribution in [2.75, 3.05) is 65.9 Å². The van der Waals surface area contributed by atoms with Gasteiger partial charge in [-0.3, -0.25) is 9.79 Å². The highest BCUT2D eigenvalue weighted by Gasteiger charge is 2.19. The molecule has 3 rings (SSSR count). The summed E-state index contributed by atoms with van der Waals surface area (Å²) < 4.78 is 16.5. The number of piperazine rings is 1. The van der Waals surface area contributed by atoms with Crippen molar-refractivity contribution in [1.82, 2.24) is 9.80 Å². The maximum atomic E-state index is 12.7. The van der Waals surface area contributed by atoms with Crippen LogP contribution in [-0.2, 0) is 4.79 Å². The van der Waals surface area contributed by atoms with Crippen molar-refractivity contribution in [1.29, 1.82) is 5.26 Å². The van der Waals surface area contributed by atoms with Crippen molar-refractivity contribution in [3.05, 3.63) is 40.4 Å². The number of carbonyl (C=O) groups is 1. The van der Waals surface area contributed by atoms with Crippen molar-refractivity contribution in [2.45, 2.75) is 6.42 Å². The molecule has 2 aromatic carbocycles. The van der Waals surface area contributed by atoms with Gasteiger partial charge in [-0.05, 0) is 31.7 Å². The van der Waals surface area contributed by atoms with Crippen LogP contribution in [0.4, 0.5) is 11.4 Å². The molecule has 198 valence electrons. The van der Waals surface area contributed by atoms with Gasteiger partial charge in [0, 0.05) is 51.1 Å². The Labute approximate surface area is 227 Å². The summed E-state index contributed by atoms with van der Waals surface area (Å²) in [5.74, 6) is -0.273. The van der Waals surface area contributed by atoms with Gasteiger partial charge in [0.1, 0.15) is 5.75 Å². The van der Waals surface area contributed by atoms with Crippen LogP contribution >= 0.6 is 23.2 Å². The van der Waals surface area contributed by atoms with Crippen LogP contribution in [-0.4, -0.2) is 82.5 Å². The molecule has 1 unspecified atom stereocenters. The summed E-state index contributed by atoms with van der Waals surface area (Å²) in [5.41, 5.74) is 0.799. The largest absolute Gasteiger partial charge is 0.495 e. The van der Waals surface area contributed by atoms with E-state index in [-0.39, 0.29) is 10.7 Å². The summed E-state index contributed by atoms with van der Waals surface area (Å²) in [6.45, 7) is 5.79. The number of nitrogens with zero attached hydrogens (tertiary/aromatic N) is 4. The van der Waals surface area contributed by atoms with Crippen LogP contribution in [0.2, 0.25) is 10.0 Å². The van der Waals surface area contributed by atoms with Gasteiger partial charge in [0.25, 0.3) is 0 Å². The molecule has 1 saturated heterocycles. The maximum Gasteiger partial charge on any atom is 0.247 e. The number of nitriles is 1. The Morgan fingerprint density at radius 2 is 1.84 bits per heavy atom. The van der Waals surface area contributed by atoms with E-state index >= 15 is 0 Å². The third-order valence-corrected chi connectivity index (χ3v) is 6.52. The maximum absolute atomic E-state index is 12.7. The first-order valence-corrected chi connectivity index (χ1v) is 12.6. The van der Waals surface area contributed by atoms with Gasteiger partial charge < -0.3 is 29.3 Å². The van der Waals surface area contributed by atoms with Gasteiger partial charge in [0.15, 0.2) is 17.4 Å². The van der Waals surface area contributed by atoms with Gasteiger partial charge in [0.05, 0.1) is 48.3 Å². The van der Waals surface area contributed by atoms with Gasteiger partial charge >= 0.3 is 0 Å². The van der Waals surface area contributed by atoms with Crippen molar-refractivity contribution >= 4 is 46.7 Å². The third kappa shape index (κ3) is 8.23. The zero-order valence-electron chi connectivity index (χ0n) is 21.2. The Hall–Kier alpha value is -3.03. The number of amides is 1. The molecule has 1 aliphatic rings. The molecule has 1 aliphatic heterocycles. The van der Waals surface area contributed by atoms with E-state index in [1.165, 1.54) is 25.5 Å². The van der Waals surface area contributed by atoms with Gasteiger partial charge in [-0.2, -0.15) is 5.26 Å². The average molecular weight is 548 g/mol. The Morgan fingerprint density at radius 1 is 1.11 bits per heavy atom. The van der Waals surface area contributed by atoms with E-state index in [2.05, 4.69) is 27.2 Å². The molecule has 1 N–H and O–H groups in total. The number of carbonyl (C=O) groups excluding carboxylic acids is 1. The molecule has 11 heteroatoms. The summed E-state index contributed by atoms with van der Waals surface area (Å²) in [6.07, 6.45) is 2.16. The van der Waals surface area contributed by atoms with Crippen LogP contribution in [0.25, 0.3) is 0 Å². The minimum Gasteiger partial charge on any atom is -0.495 e. The molecular formula is C26H31Cl2N5O4. The highest BCUT2D eigenvalue weighted by Crippen LogP contribution is 2.34. The average Bonchev–Trinajstić information content (AvgIpc) is 2.89. The smallest absolute Gasteiger partial charge is 0.247 e. The number of nitrogens with one attached hydrogen (secondary N) is 1. The Kier molecular flexibility index (Phi) is 10.8. The molecular weight excluding hydrogens is 517 g/mol. The molecule has 9 nitrogen and oxygen atoms in total. The van der Waals surface area contributed by atoms with E-state index in [0.717, 1.165) is 39.1 Å². The summed E-state index contributed by atoms with van der Waals surface area (Å²) in [6, 6.07) is 10.1. The number of benzene rings is 2. The van der Waals surface area contributed by atoms with E-state index in [1.54, 1.807) is 25.3 Å². The molecule has 0 aromatic heterocycles. The normalized spacial score (nSPS) is 15.2. The molecule has 2 aromatic rings. The third-order valence-electron chi connectivity index (χ3n) is 5.91. The van der Waals surface area contributed by atoms with Crippen LogP contribution in [0.15, 0.2) is 35.3 Å². The number of rotatable bonds is 11. The molecule has 37 heavy (non-hydrogen) atoms. The topological polar surface area (TPSA) is 99.4 Å². The number of halogens is 2. The van der Waals surface area contributed by atoms with Crippen LogP contribution in [0.5, 0.6) is 17.2 Å². The highest BCUT2D eigenvalue weighted by atomic mass is 35.5. The summed E-state index contributed by atoms with van der Waals surface area (Å²) in [7, 11) is 5.16. The molecule has 0 aliphatic carbocycles. The predicted molar refractivity (Wildman–Crippen MR) is 146 cm³/mol. The number of hydrogen-bond acceptors (Lipinski definition) is 8. The Morgan fingerprint density at radius 3 is 2.51 bits per heavy atom. The van der Waals surface area contributed by atoms with E-state index in [1.807, 2.05) is 6.07 Å². The Balaban J connectivity index is 1.60. The van der Waals surface area contributed by atoms with Crippen LogP contribution < -0.4 is 19.5 Å². The predicted octanol–water partition coefficient (Wildman–Crippen LogP) is 4.51. The number of hydrogen-bond donors (Lipinski definition) is 1.